The number of amides is 1. The van der Waals surface area contributed by atoms with Crippen LogP contribution in [0.3, 0.4) is 0 Å². The van der Waals surface area contributed by atoms with E-state index in [2.05, 4.69) is 5.32 Å². The highest BCUT2D eigenvalue weighted by Crippen LogP contribution is 2.36. The standard InChI is InChI=1S/C17H17N3O2.C2H6/c1-12(21)13-9-15-16(22)20-8-7-18-17(20,11-19(15)10-13)14-5-3-2-4-6-14;1-2/h2-6,9-10,18H,7-8,11H2,1H3;1-2H3. The first kappa shape index (κ1) is 16.5. The van der Waals surface area contributed by atoms with Crippen LogP contribution in [0.5, 0.6) is 0 Å². The van der Waals surface area contributed by atoms with Gasteiger partial charge in [-0.2, -0.15) is 0 Å². The lowest BCUT2D eigenvalue weighted by Crippen LogP contribution is -2.57. The molecule has 1 unspecified atom stereocenters. The van der Waals surface area contributed by atoms with Crippen LogP contribution < -0.4 is 5.32 Å². The molecule has 1 aromatic carbocycles. The van der Waals surface area contributed by atoms with Crippen LogP contribution in [0.4, 0.5) is 0 Å². The average molecular weight is 325 g/mol. The number of nitrogens with zero attached hydrogens (tertiary/aromatic N) is 2. The average Bonchev–Trinajstić information content (AvgIpc) is 3.23. The number of hydrogen-bond donors (Lipinski definition) is 1. The third-order valence-electron chi connectivity index (χ3n) is 4.63. The molecule has 5 nitrogen and oxygen atoms in total. The molecule has 2 aromatic rings. The summed E-state index contributed by atoms with van der Waals surface area (Å²) in [5.74, 6) is -0.0378. The summed E-state index contributed by atoms with van der Waals surface area (Å²) < 4.78 is 1.90. The summed E-state index contributed by atoms with van der Waals surface area (Å²) in [5, 5.41) is 3.50. The van der Waals surface area contributed by atoms with Crippen LogP contribution in [0.15, 0.2) is 42.6 Å². The maximum Gasteiger partial charge on any atom is 0.272 e. The van der Waals surface area contributed by atoms with Crippen molar-refractivity contribution < 1.29 is 9.59 Å². The quantitative estimate of drug-likeness (QED) is 0.864. The SMILES string of the molecule is CC.CC(=O)c1cc2n(c1)CC1(c3ccccc3)NCCN1C2=O. The van der Waals surface area contributed by atoms with Gasteiger partial charge in [-0.15, -0.1) is 0 Å². The number of rotatable bonds is 2. The molecule has 0 bridgehead atoms. The van der Waals surface area contributed by atoms with Crippen LogP contribution >= 0.6 is 0 Å². The van der Waals surface area contributed by atoms with Crippen molar-refractivity contribution in [3.8, 4) is 0 Å². The summed E-state index contributed by atoms with van der Waals surface area (Å²) in [6.07, 6.45) is 1.79. The van der Waals surface area contributed by atoms with Crippen molar-refractivity contribution >= 4 is 11.7 Å². The molecule has 24 heavy (non-hydrogen) atoms. The van der Waals surface area contributed by atoms with Gasteiger partial charge in [-0.25, -0.2) is 0 Å². The van der Waals surface area contributed by atoms with E-state index in [1.165, 1.54) is 6.92 Å². The number of nitrogens with one attached hydrogen (secondary N) is 1. The minimum Gasteiger partial charge on any atom is -0.339 e. The van der Waals surface area contributed by atoms with Gasteiger partial charge in [-0.3, -0.25) is 14.9 Å². The first-order valence-electron chi connectivity index (χ1n) is 8.45. The molecule has 0 spiro atoms. The number of carbonyl (C=O) groups excluding carboxylic acids is 2. The van der Waals surface area contributed by atoms with E-state index in [0.29, 0.717) is 24.3 Å². The number of fused-ring (bicyclic) bond motifs is 2. The van der Waals surface area contributed by atoms with Crippen molar-refractivity contribution in [3.05, 3.63) is 59.4 Å². The summed E-state index contributed by atoms with van der Waals surface area (Å²) in [4.78, 5) is 26.4. The van der Waals surface area contributed by atoms with Crippen LogP contribution in [0, 0.1) is 0 Å². The predicted molar refractivity (Wildman–Crippen MR) is 92.9 cm³/mol. The van der Waals surface area contributed by atoms with Crippen molar-refractivity contribution in [3.63, 3.8) is 0 Å². The minimum atomic E-state index is -0.515. The zero-order valence-electron chi connectivity index (χ0n) is 14.4. The maximum absolute atomic E-state index is 12.9. The van der Waals surface area contributed by atoms with Gasteiger partial charge < -0.3 is 9.47 Å². The Kier molecular flexibility index (Phi) is 4.28. The van der Waals surface area contributed by atoms with Gasteiger partial charge in [-0.05, 0) is 18.6 Å². The van der Waals surface area contributed by atoms with E-state index in [1.807, 2.05) is 53.6 Å². The molecule has 4 rings (SSSR count). The van der Waals surface area contributed by atoms with Gasteiger partial charge in [0.2, 0.25) is 0 Å². The Morgan fingerprint density at radius 3 is 2.58 bits per heavy atom. The summed E-state index contributed by atoms with van der Waals surface area (Å²) in [5.41, 5.74) is 1.75. The molecule has 0 radical (unpaired) electrons. The highest BCUT2D eigenvalue weighted by atomic mass is 16.2. The van der Waals surface area contributed by atoms with Crippen LogP contribution in [-0.4, -0.2) is 34.2 Å². The lowest BCUT2D eigenvalue weighted by atomic mass is 9.96. The van der Waals surface area contributed by atoms with Crippen LogP contribution in [-0.2, 0) is 12.2 Å². The lowest BCUT2D eigenvalue weighted by molar-refractivity contribution is 0.0398. The second kappa shape index (κ2) is 6.24. The molecule has 2 aliphatic rings. The molecule has 1 N–H and O–H groups in total. The summed E-state index contributed by atoms with van der Waals surface area (Å²) >= 11 is 0. The number of aromatic nitrogens is 1. The summed E-state index contributed by atoms with van der Waals surface area (Å²) in [7, 11) is 0. The third-order valence-corrected chi connectivity index (χ3v) is 4.63. The second-order valence-electron chi connectivity index (χ2n) is 5.91. The second-order valence-corrected chi connectivity index (χ2v) is 5.91. The Morgan fingerprint density at radius 1 is 1.21 bits per heavy atom. The predicted octanol–water partition coefficient (Wildman–Crippen LogP) is 2.63. The fraction of sp³-hybridized carbons (Fsp3) is 0.368. The first-order chi connectivity index (χ1) is 11.6. The fourth-order valence-corrected chi connectivity index (χ4v) is 3.54. The zero-order chi connectivity index (χ0) is 17.3. The Balaban J connectivity index is 0.000000815. The first-order valence-corrected chi connectivity index (χ1v) is 8.45. The normalized spacial score (nSPS) is 21.6. The molecule has 1 aromatic heterocycles. The number of hydrogen-bond acceptors (Lipinski definition) is 3. The molecule has 1 amide bonds. The molecule has 1 saturated heterocycles. The number of carbonyl (C=O) groups is 2. The van der Waals surface area contributed by atoms with Crippen molar-refractivity contribution in [2.75, 3.05) is 13.1 Å². The summed E-state index contributed by atoms with van der Waals surface area (Å²) in [6.45, 7) is 7.59. The number of Topliss-reactive ketones (excluding diaryl/α,β-unsaturated/α-hetero) is 1. The number of benzene rings is 1. The number of ketones is 1. The highest BCUT2D eigenvalue weighted by molar-refractivity contribution is 6.00. The molecule has 0 saturated carbocycles. The fourth-order valence-electron chi connectivity index (χ4n) is 3.54. The van der Waals surface area contributed by atoms with E-state index in [1.54, 1.807) is 12.3 Å². The maximum atomic E-state index is 12.9. The van der Waals surface area contributed by atoms with Crippen LogP contribution in [0.25, 0.3) is 0 Å². The smallest absolute Gasteiger partial charge is 0.272 e. The lowest BCUT2D eigenvalue weighted by Gasteiger charge is -2.42. The van der Waals surface area contributed by atoms with E-state index < -0.39 is 5.66 Å². The van der Waals surface area contributed by atoms with Crippen LogP contribution in [0.1, 0.15) is 47.2 Å². The minimum absolute atomic E-state index is 0.0171. The topological polar surface area (TPSA) is 54.3 Å². The molecule has 126 valence electrons. The van der Waals surface area contributed by atoms with Gasteiger partial charge in [0.15, 0.2) is 5.78 Å². The van der Waals surface area contributed by atoms with Gasteiger partial charge in [0.05, 0.1) is 6.54 Å². The van der Waals surface area contributed by atoms with Gasteiger partial charge in [0.25, 0.3) is 5.91 Å². The Bertz CT molecular complexity index is 766. The van der Waals surface area contributed by atoms with E-state index in [4.69, 9.17) is 0 Å². The van der Waals surface area contributed by atoms with Gasteiger partial charge in [-0.1, -0.05) is 44.2 Å². The summed E-state index contributed by atoms with van der Waals surface area (Å²) in [6, 6.07) is 11.7. The van der Waals surface area contributed by atoms with E-state index in [0.717, 1.165) is 12.1 Å². The highest BCUT2D eigenvalue weighted by Gasteiger charge is 2.49. The molecule has 2 aliphatic heterocycles. The Labute approximate surface area is 142 Å². The van der Waals surface area contributed by atoms with Crippen molar-refractivity contribution in [2.24, 2.45) is 0 Å². The van der Waals surface area contributed by atoms with Crippen molar-refractivity contribution in [2.45, 2.75) is 33.0 Å². The van der Waals surface area contributed by atoms with Crippen LogP contribution in [0.2, 0.25) is 0 Å². The zero-order valence-corrected chi connectivity index (χ0v) is 14.4. The third kappa shape index (κ3) is 2.36. The van der Waals surface area contributed by atoms with Crippen molar-refractivity contribution in [1.29, 1.82) is 0 Å². The molecule has 5 heteroatoms. The van der Waals surface area contributed by atoms with E-state index in [-0.39, 0.29) is 11.7 Å². The largest absolute Gasteiger partial charge is 0.339 e. The van der Waals surface area contributed by atoms with Gasteiger partial charge in [0, 0.05) is 24.8 Å². The van der Waals surface area contributed by atoms with E-state index in [9.17, 15) is 9.59 Å². The Hall–Kier alpha value is -2.40. The molecule has 0 aliphatic carbocycles. The molecular formula is C19H23N3O2. The molecule has 1 fully saturated rings. The van der Waals surface area contributed by atoms with Gasteiger partial charge in [0.1, 0.15) is 11.4 Å². The molecule has 3 heterocycles. The van der Waals surface area contributed by atoms with E-state index >= 15 is 0 Å². The molecular weight excluding hydrogens is 302 g/mol. The molecule has 1 atom stereocenters. The Morgan fingerprint density at radius 2 is 1.92 bits per heavy atom. The van der Waals surface area contributed by atoms with Crippen molar-refractivity contribution in [1.82, 2.24) is 14.8 Å². The van der Waals surface area contributed by atoms with Gasteiger partial charge >= 0.3 is 0 Å². The monoisotopic (exact) mass is 325 g/mol.